The molecule has 0 aliphatic carbocycles. The lowest BCUT2D eigenvalue weighted by Gasteiger charge is -2.18. The van der Waals surface area contributed by atoms with Crippen LogP contribution in [0, 0.1) is 5.82 Å². The molecule has 0 aliphatic rings. The number of halogens is 2. The molecule has 0 aromatic heterocycles. The summed E-state index contributed by atoms with van der Waals surface area (Å²) in [6.07, 6.45) is -0.106. The Hall–Kier alpha value is -1.13. The second kappa shape index (κ2) is 15.0. The summed E-state index contributed by atoms with van der Waals surface area (Å²) in [6, 6.07) is 6.01. The first kappa shape index (κ1) is 24.9. The normalized spacial score (nSPS) is 12.5. The summed E-state index contributed by atoms with van der Waals surface area (Å²) in [5.74, 6) is 1.13. The number of aliphatic imine (C=N–C) groups is 1. The first-order valence-electron chi connectivity index (χ1n) is 8.67. The Morgan fingerprint density at radius 2 is 1.92 bits per heavy atom. The van der Waals surface area contributed by atoms with Crippen LogP contribution in [0.3, 0.4) is 0 Å². The fraction of sp³-hybridized carbons (Fsp3) is 0.611. The SMILES string of the molecule is CCNC(=NCC(C)Oc1ccc(F)cc1)NCCN(C)CCOC.I. The van der Waals surface area contributed by atoms with Crippen LogP contribution in [-0.2, 0) is 4.74 Å². The fourth-order valence-electron chi connectivity index (χ4n) is 2.07. The Bertz CT molecular complexity index is 502. The maximum absolute atomic E-state index is 12.9. The van der Waals surface area contributed by atoms with E-state index in [9.17, 15) is 4.39 Å². The Morgan fingerprint density at radius 3 is 2.54 bits per heavy atom. The lowest BCUT2D eigenvalue weighted by molar-refractivity contribution is 0.162. The van der Waals surface area contributed by atoms with Gasteiger partial charge in [-0.2, -0.15) is 0 Å². The number of nitrogens with one attached hydrogen (secondary N) is 2. The van der Waals surface area contributed by atoms with Gasteiger partial charge in [0, 0.05) is 33.3 Å². The minimum atomic E-state index is -0.271. The van der Waals surface area contributed by atoms with E-state index in [1.807, 2.05) is 13.8 Å². The quantitative estimate of drug-likeness (QED) is 0.288. The Kier molecular flexibility index (Phi) is 14.3. The van der Waals surface area contributed by atoms with Crippen molar-refractivity contribution in [3.63, 3.8) is 0 Å². The Morgan fingerprint density at radius 1 is 1.23 bits per heavy atom. The third-order valence-electron chi connectivity index (χ3n) is 3.46. The molecule has 0 spiro atoms. The van der Waals surface area contributed by atoms with E-state index in [1.165, 1.54) is 12.1 Å². The van der Waals surface area contributed by atoms with Gasteiger partial charge in [-0.15, -0.1) is 24.0 Å². The number of guanidine groups is 1. The molecule has 8 heteroatoms. The predicted octanol–water partition coefficient (Wildman–Crippen LogP) is 2.34. The average Bonchev–Trinajstić information content (AvgIpc) is 2.60. The van der Waals surface area contributed by atoms with Crippen molar-refractivity contribution in [1.82, 2.24) is 15.5 Å². The van der Waals surface area contributed by atoms with Crippen molar-refractivity contribution in [3.8, 4) is 5.75 Å². The summed E-state index contributed by atoms with van der Waals surface area (Å²) >= 11 is 0. The molecule has 1 aromatic carbocycles. The predicted molar refractivity (Wildman–Crippen MR) is 115 cm³/mol. The molecule has 0 amide bonds. The summed E-state index contributed by atoms with van der Waals surface area (Å²) < 4.78 is 23.7. The summed E-state index contributed by atoms with van der Waals surface area (Å²) in [5, 5.41) is 6.52. The molecular weight excluding hydrogens is 450 g/mol. The highest BCUT2D eigenvalue weighted by Gasteiger charge is 2.05. The minimum absolute atomic E-state index is 0. The van der Waals surface area contributed by atoms with Crippen molar-refractivity contribution in [2.45, 2.75) is 20.0 Å². The summed E-state index contributed by atoms with van der Waals surface area (Å²) in [7, 11) is 3.76. The number of benzene rings is 1. The van der Waals surface area contributed by atoms with Crippen molar-refractivity contribution in [3.05, 3.63) is 30.1 Å². The van der Waals surface area contributed by atoms with Crippen molar-refractivity contribution < 1.29 is 13.9 Å². The zero-order valence-electron chi connectivity index (χ0n) is 16.1. The van der Waals surface area contributed by atoms with Gasteiger partial charge in [0.05, 0.1) is 13.2 Å². The van der Waals surface area contributed by atoms with E-state index in [0.717, 1.165) is 38.7 Å². The smallest absolute Gasteiger partial charge is 0.191 e. The number of hydrogen-bond donors (Lipinski definition) is 2. The molecule has 0 heterocycles. The van der Waals surface area contributed by atoms with Gasteiger partial charge in [0.15, 0.2) is 5.96 Å². The average molecular weight is 482 g/mol. The van der Waals surface area contributed by atoms with Crippen LogP contribution in [0.15, 0.2) is 29.3 Å². The number of likely N-dealkylation sites (N-methyl/N-ethyl adjacent to an activating group) is 1. The van der Waals surface area contributed by atoms with Gasteiger partial charge < -0.3 is 25.0 Å². The van der Waals surface area contributed by atoms with Gasteiger partial charge in [-0.1, -0.05) is 0 Å². The van der Waals surface area contributed by atoms with Crippen LogP contribution >= 0.6 is 24.0 Å². The van der Waals surface area contributed by atoms with Gasteiger partial charge in [0.25, 0.3) is 0 Å². The number of ether oxygens (including phenoxy) is 2. The highest BCUT2D eigenvalue weighted by Crippen LogP contribution is 2.12. The van der Waals surface area contributed by atoms with Gasteiger partial charge in [-0.25, -0.2) is 9.38 Å². The van der Waals surface area contributed by atoms with E-state index in [4.69, 9.17) is 9.47 Å². The molecular formula is C18H32FIN4O2. The molecule has 150 valence electrons. The van der Waals surface area contributed by atoms with Crippen LogP contribution in [0.5, 0.6) is 5.75 Å². The fourth-order valence-corrected chi connectivity index (χ4v) is 2.07. The van der Waals surface area contributed by atoms with Gasteiger partial charge in [-0.05, 0) is 45.2 Å². The maximum atomic E-state index is 12.9. The first-order chi connectivity index (χ1) is 12.0. The minimum Gasteiger partial charge on any atom is -0.489 e. The summed E-state index contributed by atoms with van der Waals surface area (Å²) in [6.45, 7) is 8.58. The topological polar surface area (TPSA) is 58.1 Å². The number of rotatable bonds is 11. The summed E-state index contributed by atoms with van der Waals surface area (Å²) in [4.78, 5) is 6.73. The molecule has 0 aliphatic heterocycles. The van der Waals surface area contributed by atoms with Crippen LogP contribution < -0.4 is 15.4 Å². The molecule has 6 nitrogen and oxygen atoms in total. The Labute approximate surface area is 173 Å². The number of nitrogens with zero attached hydrogens (tertiary/aromatic N) is 2. The van der Waals surface area contributed by atoms with E-state index >= 15 is 0 Å². The van der Waals surface area contributed by atoms with E-state index in [0.29, 0.717) is 12.3 Å². The second-order valence-corrected chi connectivity index (χ2v) is 5.82. The van der Waals surface area contributed by atoms with Crippen molar-refractivity contribution >= 4 is 29.9 Å². The van der Waals surface area contributed by atoms with Crippen LogP contribution in [0.2, 0.25) is 0 Å². The van der Waals surface area contributed by atoms with E-state index in [1.54, 1.807) is 19.2 Å². The van der Waals surface area contributed by atoms with Gasteiger partial charge in [0.1, 0.15) is 17.7 Å². The van der Waals surface area contributed by atoms with E-state index in [-0.39, 0.29) is 35.9 Å². The molecule has 2 N–H and O–H groups in total. The molecule has 1 rings (SSSR count). The number of methoxy groups -OCH3 is 1. The first-order valence-corrected chi connectivity index (χ1v) is 8.67. The lowest BCUT2D eigenvalue weighted by Crippen LogP contribution is -2.41. The van der Waals surface area contributed by atoms with E-state index < -0.39 is 0 Å². The van der Waals surface area contributed by atoms with Gasteiger partial charge in [0.2, 0.25) is 0 Å². The third-order valence-corrected chi connectivity index (χ3v) is 3.46. The maximum Gasteiger partial charge on any atom is 0.191 e. The van der Waals surface area contributed by atoms with Crippen LogP contribution in [-0.4, -0.2) is 70.5 Å². The molecule has 0 fully saturated rings. The van der Waals surface area contributed by atoms with Crippen molar-refractivity contribution in [2.24, 2.45) is 4.99 Å². The number of hydrogen-bond acceptors (Lipinski definition) is 4. The van der Waals surface area contributed by atoms with Gasteiger partial charge in [-0.3, -0.25) is 0 Å². The van der Waals surface area contributed by atoms with Crippen LogP contribution in [0.1, 0.15) is 13.8 Å². The molecule has 1 unspecified atom stereocenters. The molecule has 0 bridgehead atoms. The highest BCUT2D eigenvalue weighted by atomic mass is 127. The third kappa shape index (κ3) is 11.5. The summed E-state index contributed by atoms with van der Waals surface area (Å²) in [5.41, 5.74) is 0. The molecule has 0 saturated heterocycles. The largest absolute Gasteiger partial charge is 0.489 e. The second-order valence-electron chi connectivity index (χ2n) is 5.82. The van der Waals surface area contributed by atoms with Crippen molar-refractivity contribution in [1.29, 1.82) is 0 Å². The zero-order valence-corrected chi connectivity index (χ0v) is 18.5. The molecule has 0 saturated carbocycles. The molecule has 26 heavy (non-hydrogen) atoms. The zero-order chi connectivity index (χ0) is 18.5. The van der Waals surface area contributed by atoms with Crippen LogP contribution in [0.4, 0.5) is 4.39 Å². The van der Waals surface area contributed by atoms with Crippen molar-refractivity contribution in [2.75, 3.05) is 53.5 Å². The van der Waals surface area contributed by atoms with Crippen LogP contribution in [0.25, 0.3) is 0 Å². The Balaban J connectivity index is 0.00000625. The lowest BCUT2D eigenvalue weighted by atomic mass is 10.3. The van der Waals surface area contributed by atoms with E-state index in [2.05, 4.69) is 27.6 Å². The highest BCUT2D eigenvalue weighted by molar-refractivity contribution is 14.0. The molecule has 0 radical (unpaired) electrons. The molecule has 1 aromatic rings. The standard InChI is InChI=1S/C18H31FN4O2.HI/c1-5-20-18(21-10-11-23(3)12-13-24-4)22-14-15(2)25-17-8-6-16(19)7-9-17;/h6-9,15H,5,10-14H2,1-4H3,(H2,20,21,22);1H. The monoisotopic (exact) mass is 482 g/mol. The van der Waals surface area contributed by atoms with Gasteiger partial charge >= 0.3 is 0 Å². The molecule has 1 atom stereocenters.